The first-order chi connectivity index (χ1) is 2.64. The molecule has 3 heteroatoms. The minimum absolute atomic E-state index is 0.981. The van der Waals surface area contributed by atoms with Crippen LogP contribution in [0.2, 0.25) is 0 Å². The Morgan fingerprint density at radius 2 is 2.17 bits per heavy atom. The van der Waals surface area contributed by atoms with E-state index < -0.39 is 12.0 Å². The van der Waals surface area contributed by atoms with Crippen LogP contribution in [0.3, 0.4) is 0 Å². The highest BCUT2D eigenvalue weighted by Crippen LogP contribution is 1.71. The molecule has 3 nitrogen and oxygen atoms in total. The van der Waals surface area contributed by atoms with Crippen molar-refractivity contribution in [3.63, 3.8) is 0 Å². The summed E-state index contributed by atoms with van der Waals surface area (Å²) in [4.78, 5) is 9.51. The lowest BCUT2D eigenvalue weighted by molar-refractivity contribution is -0.138. The summed E-state index contributed by atoms with van der Waals surface area (Å²) < 4.78 is 0. The Kier molecular flexibility index (Phi) is 1.60. The second-order valence-electron chi connectivity index (χ2n) is 1.06. The van der Waals surface area contributed by atoms with Crippen LogP contribution in [0.25, 0.3) is 0 Å². The maximum Gasteiger partial charge on any atom is 0.321 e. The molecule has 0 aliphatic heterocycles. The van der Waals surface area contributed by atoms with Crippen molar-refractivity contribution >= 4 is 5.97 Å². The van der Waals surface area contributed by atoms with E-state index in [1.54, 1.807) is 0 Å². The summed E-state index contributed by atoms with van der Waals surface area (Å²) in [6.07, 6.45) is 0. The molecule has 1 atom stereocenters. The molecule has 2 N–H and O–H groups in total. The Morgan fingerprint density at radius 1 is 2.00 bits per heavy atom. The molecule has 0 aromatic carbocycles. The van der Waals surface area contributed by atoms with Crippen LogP contribution in [0.4, 0.5) is 0 Å². The Labute approximate surface area is 35.8 Å². The van der Waals surface area contributed by atoms with Crippen molar-refractivity contribution in [3.8, 4) is 0 Å². The van der Waals surface area contributed by atoms with Gasteiger partial charge in [0.2, 0.25) is 0 Å². The SMILES string of the molecule is CC([NH])C(=O)O. The summed E-state index contributed by atoms with van der Waals surface area (Å²) in [5, 5.41) is 7.80. The lowest BCUT2D eigenvalue weighted by atomic mass is 10.4. The minimum atomic E-state index is -1.07. The number of hydrogen-bond donors (Lipinski definition) is 1. The molecule has 0 spiro atoms. The van der Waals surface area contributed by atoms with Crippen molar-refractivity contribution in [2.24, 2.45) is 0 Å². The summed E-state index contributed by atoms with van der Waals surface area (Å²) in [6.45, 7) is 1.31. The highest BCUT2D eigenvalue weighted by atomic mass is 16.4. The molecule has 0 heterocycles. The van der Waals surface area contributed by atoms with Gasteiger partial charge in [-0.25, -0.2) is 5.73 Å². The molecule has 1 unspecified atom stereocenters. The molecule has 0 aromatic rings. The molecule has 0 aromatic heterocycles. The summed E-state index contributed by atoms with van der Waals surface area (Å²) in [6, 6.07) is -0.981. The van der Waals surface area contributed by atoms with Crippen molar-refractivity contribution < 1.29 is 9.90 Å². The third-order valence-corrected chi connectivity index (χ3v) is 0.370. The zero-order valence-electron chi connectivity index (χ0n) is 3.43. The zero-order chi connectivity index (χ0) is 5.15. The number of carboxylic acids is 1. The van der Waals surface area contributed by atoms with Crippen molar-refractivity contribution in [1.29, 1.82) is 0 Å². The Hall–Kier alpha value is -0.570. The van der Waals surface area contributed by atoms with Crippen LogP contribution in [-0.2, 0) is 4.79 Å². The maximum absolute atomic E-state index is 9.51. The molecule has 0 amide bonds. The summed E-state index contributed by atoms with van der Waals surface area (Å²) >= 11 is 0. The number of rotatable bonds is 1. The minimum Gasteiger partial charge on any atom is -0.480 e. The fourth-order valence-corrected chi connectivity index (χ4v) is 0. The molecule has 0 aliphatic rings. The van der Waals surface area contributed by atoms with E-state index in [0.29, 0.717) is 0 Å². The van der Waals surface area contributed by atoms with Gasteiger partial charge in [0.05, 0.1) is 0 Å². The van der Waals surface area contributed by atoms with Gasteiger partial charge >= 0.3 is 5.97 Å². The quantitative estimate of drug-likeness (QED) is 0.480. The van der Waals surface area contributed by atoms with Crippen molar-refractivity contribution in [2.75, 3.05) is 0 Å². The van der Waals surface area contributed by atoms with Crippen molar-refractivity contribution in [3.05, 3.63) is 0 Å². The van der Waals surface area contributed by atoms with Crippen LogP contribution in [-0.4, -0.2) is 17.1 Å². The highest BCUT2D eigenvalue weighted by molar-refractivity contribution is 5.72. The topological polar surface area (TPSA) is 61.1 Å². The van der Waals surface area contributed by atoms with Gasteiger partial charge in [-0.3, -0.25) is 4.79 Å². The van der Waals surface area contributed by atoms with Gasteiger partial charge in [0, 0.05) is 0 Å². The number of carbonyl (C=O) groups is 1. The van der Waals surface area contributed by atoms with E-state index in [2.05, 4.69) is 0 Å². The lowest BCUT2D eigenvalue weighted by Gasteiger charge is -1.88. The second kappa shape index (κ2) is 1.77. The predicted octanol–water partition coefficient (Wildman–Crippen LogP) is -0.258. The highest BCUT2D eigenvalue weighted by Gasteiger charge is 2.00. The molecule has 0 saturated carbocycles. The average molecular weight is 88.1 g/mol. The summed E-state index contributed by atoms with van der Waals surface area (Å²) in [5.74, 6) is -1.07. The normalized spacial score (nSPS) is 13.7. The lowest BCUT2D eigenvalue weighted by Crippen LogP contribution is -2.15. The van der Waals surface area contributed by atoms with Crippen LogP contribution < -0.4 is 5.73 Å². The number of hydrogen-bond acceptors (Lipinski definition) is 1. The van der Waals surface area contributed by atoms with Gasteiger partial charge in [0.15, 0.2) is 0 Å². The van der Waals surface area contributed by atoms with Crippen molar-refractivity contribution in [2.45, 2.75) is 13.0 Å². The van der Waals surface area contributed by atoms with Crippen LogP contribution >= 0.6 is 0 Å². The monoisotopic (exact) mass is 88.0 g/mol. The van der Waals surface area contributed by atoms with E-state index in [4.69, 9.17) is 10.8 Å². The fourth-order valence-electron chi connectivity index (χ4n) is 0. The summed E-state index contributed by atoms with van der Waals surface area (Å²) in [7, 11) is 0. The fraction of sp³-hybridized carbons (Fsp3) is 0.667. The van der Waals surface area contributed by atoms with Crippen LogP contribution in [0.15, 0.2) is 0 Å². The van der Waals surface area contributed by atoms with Gasteiger partial charge in [-0.1, -0.05) is 0 Å². The number of carboxylic acid groups (broad SMARTS) is 1. The van der Waals surface area contributed by atoms with Gasteiger partial charge in [-0.2, -0.15) is 0 Å². The zero-order valence-corrected chi connectivity index (χ0v) is 3.43. The molecule has 1 radical (unpaired) electrons. The molecule has 0 rings (SSSR count). The smallest absolute Gasteiger partial charge is 0.321 e. The molecular weight excluding hydrogens is 82.0 g/mol. The molecule has 0 aliphatic carbocycles. The Balaban J connectivity index is 3.26. The van der Waals surface area contributed by atoms with Gasteiger partial charge in [0.25, 0.3) is 0 Å². The van der Waals surface area contributed by atoms with Gasteiger partial charge < -0.3 is 5.11 Å². The molecule has 0 fully saturated rings. The number of aliphatic carboxylic acids is 1. The molecule has 0 saturated heterocycles. The Bertz CT molecular complexity index is 59.8. The Morgan fingerprint density at radius 3 is 2.17 bits per heavy atom. The van der Waals surface area contributed by atoms with E-state index in [1.807, 2.05) is 0 Å². The summed E-state index contributed by atoms with van der Waals surface area (Å²) in [5.41, 5.74) is 6.43. The first kappa shape index (κ1) is 5.43. The van der Waals surface area contributed by atoms with Crippen LogP contribution in [0.1, 0.15) is 6.92 Å². The van der Waals surface area contributed by atoms with Gasteiger partial charge in [-0.15, -0.1) is 0 Å². The largest absolute Gasteiger partial charge is 0.480 e. The molecule has 6 heavy (non-hydrogen) atoms. The molecule has 35 valence electrons. The van der Waals surface area contributed by atoms with Crippen molar-refractivity contribution in [1.82, 2.24) is 5.73 Å². The maximum atomic E-state index is 9.51. The molecular formula is C3H6NO2. The van der Waals surface area contributed by atoms with E-state index in [1.165, 1.54) is 6.92 Å². The van der Waals surface area contributed by atoms with E-state index in [9.17, 15) is 4.79 Å². The van der Waals surface area contributed by atoms with Crippen LogP contribution in [0.5, 0.6) is 0 Å². The second-order valence-corrected chi connectivity index (χ2v) is 1.06. The van der Waals surface area contributed by atoms with Gasteiger partial charge in [0.1, 0.15) is 6.04 Å². The third kappa shape index (κ3) is 1.72. The first-order valence-corrected chi connectivity index (χ1v) is 1.58. The predicted molar refractivity (Wildman–Crippen MR) is 20.2 cm³/mol. The first-order valence-electron chi connectivity index (χ1n) is 1.58. The standard InChI is InChI=1S/C3H6NO2/c1-2(4)3(5)6/h2,4H,1H3,(H,5,6). The average Bonchev–Trinajstić information content (AvgIpc) is 1.36. The van der Waals surface area contributed by atoms with Gasteiger partial charge in [-0.05, 0) is 6.92 Å². The van der Waals surface area contributed by atoms with Crippen LogP contribution in [0, 0.1) is 0 Å². The molecule has 0 bridgehead atoms. The number of nitrogens with one attached hydrogen (secondary N) is 1. The third-order valence-electron chi connectivity index (χ3n) is 0.370. The van der Waals surface area contributed by atoms with E-state index in [-0.39, 0.29) is 0 Å². The van der Waals surface area contributed by atoms with E-state index >= 15 is 0 Å². The van der Waals surface area contributed by atoms with E-state index in [0.717, 1.165) is 0 Å².